The van der Waals surface area contributed by atoms with E-state index in [-0.39, 0.29) is 12.0 Å². The molecule has 26 heavy (non-hydrogen) atoms. The Kier molecular flexibility index (Phi) is 6.74. The van der Waals surface area contributed by atoms with E-state index in [9.17, 15) is 13.6 Å². The van der Waals surface area contributed by atoms with Crippen LogP contribution in [0.5, 0.6) is 0 Å². The summed E-state index contributed by atoms with van der Waals surface area (Å²) in [6.45, 7) is 5.45. The largest absolute Gasteiger partial charge is 0.439 e. The normalized spacial score (nSPS) is 12.6. The molecule has 1 N–H and O–H groups in total. The van der Waals surface area contributed by atoms with E-state index in [0.717, 1.165) is 16.6 Å². The van der Waals surface area contributed by atoms with Crippen LogP contribution in [0.25, 0.3) is 0 Å². The summed E-state index contributed by atoms with van der Waals surface area (Å²) >= 11 is 6.69. The molecule has 2 rings (SSSR count). The predicted molar refractivity (Wildman–Crippen MR) is 102 cm³/mol. The van der Waals surface area contributed by atoms with Crippen LogP contribution in [0.4, 0.5) is 13.6 Å². The Morgan fingerprint density at radius 1 is 1.27 bits per heavy atom. The smallest absolute Gasteiger partial charge is 0.408 e. The third-order valence-corrected chi connectivity index (χ3v) is 4.36. The van der Waals surface area contributed by atoms with Crippen molar-refractivity contribution >= 4 is 38.0 Å². The van der Waals surface area contributed by atoms with E-state index < -0.39 is 29.4 Å². The lowest BCUT2D eigenvalue weighted by Crippen LogP contribution is -2.41. The molecule has 0 unspecified atom stereocenters. The van der Waals surface area contributed by atoms with Crippen molar-refractivity contribution in [1.82, 2.24) is 10.3 Å². The molecule has 4 nitrogen and oxygen atoms in total. The third kappa shape index (κ3) is 6.02. The zero-order valence-corrected chi connectivity index (χ0v) is 17.6. The number of amides is 1. The second-order valence-electron chi connectivity index (χ2n) is 6.73. The summed E-state index contributed by atoms with van der Waals surface area (Å²) in [5.74, 6) is -1.37. The van der Waals surface area contributed by atoms with Crippen LogP contribution in [0.3, 0.4) is 0 Å². The van der Waals surface area contributed by atoms with Crippen LogP contribution in [0.2, 0.25) is 0 Å². The Balaban J connectivity index is 2.33. The number of rotatable bonds is 4. The van der Waals surface area contributed by atoms with Gasteiger partial charge < -0.3 is 10.1 Å². The molecule has 0 radical (unpaired) electrons. The van der Waals surface area contributed by atoms with Crippen molar-refractivity contribution in [3.8, 4) is 0 Å². The van der Waals surface area contributed by atoms with Gasteiger partial charge in [-0.05, 0) is 70.3 Å². The first-order chi connectivity index (χ1) is 12.0. The van der Waals surface area contributed by atoms with E-state index in [4.69, 9.17) is 4.74 Å². The maximum Gasteiger partial charge on any atom is 0.408 e. The monoisotopic (exact) mass is 490 g/mol. The maximum atomic E-state index is 14.1. The summed E-state index contributed by atoms with van der Waals surface area (Å²) in [5, 5.41) is 2.69. The van der Waals surface area contributed by atoms with E-state index in [1.54, 1.807) is 12.3 Å². The Hall–Kier alpha value is -1.54. The van der Waals surface area contributed by atoms with Gasteiger partial charge in [0, 0.05) is 33.2 Å². The van der Waals surface area contributed by atoms with Crippen molar-refractivity contribution in [2.45, 2.75) is 38.8 Å². The fourth-order valence-electron chi connectivity index (χ4n) is 2.21. The molecule has 140 valence electrons. The van der Waals surface area contributed by atoms with E-state index in [1.807, 2.05) is 20.8 Å². The van der Waals surface area contributed by atoms with Crippen molar-refractivity contribution in [3.63, 3.8) is 0 Å². The number of pyridine rings is 1. The fourth-order valence-corrected chi connectivity index (χ4v) is 3.45. The molecule has 1 atom stereocenters. The van der Waals surface area contributed by atoms with Crippen molar-refractivity contribution in [3.05, 3.63) is 62.3 Å². The second kappa shape index (κ2) is 8.43. The standard InChI is InChI=1S/C18H18Br2F2N2O2/c1-18(2,3)24-17(25)26-15(16-13(20)7-11(19)9-23-16)6-10-4-5-12(21)8-14(10)22/h4-5,7-9,15H,6H2,1-3H3,(H,24,25)/t15-/m0/s1. The fraction of sp³-hybridized carbons (Fsp3) is 0.333. The minimum atomic E-state index is -0.861. The SMILES string of the molecule is CC(C)(C)NC(=O)O[C@@H](Cc1ccc(F)cc1F)c1ncc(Br)cc1Br. The lowest BCUT2D eigenvalue weighted by atomic mass is 10.0. The first-order valence-corrected chi connectivity index (χ1v) is 9.37. The number of nitrogens with one attached hydrogen (secondary N) is 1. The van der Waals surface area contributed by atoms with Gasteiger partial charge in [-0.25, -0.2) is 13.6 Å². The molecular formula is C18H18Br2F2N2O2. The summed E-state index contributed by atoms with van der Waals surface area (Å²) in [6.07, 6.45) is 0.0529. The lowest BCUT2D eigenvalue weighted by Gasteiger charge is -2.24. The van der Waals surface area contributed by atoms with Crippen LogP contribution in [0.1, 0.15) is 38.1 Å². The van der Waals surface area contributed by atoms with Gasteiger partial charge >= 0.3 is 6.09 Å². The van der Waals surface area contributed by atoms with Gasteiger partial charge in [-0.1, -0.05) is 6.07 Å². The van der Waals surface area contributed by atoms with Gasteiger partial charge in [0.2, 0.25) is 0 Å². The Morgan fingerprint density at radius 2 is 1.96 bits per heavy atom. The molecular weight excluding hydrogens is 474 g/mol. The Bertz CT molecular complexity index is 810. The van der Waals surface area contributed by atoms with Crippen molar-refractivity contribution in [1.29, 1.82) is 0 Å². The van der Waals surface area contributed by atoms with E-state index >= 15 is 0 Å². The molecule has 1 amide bonds. The molecule has 1 heterocycles. The first kappa shape index (κ1) is 20.8. The summed E-state index contributed by atoms with van der Waals surface area (Å²) in [7, 11) is 0. The zero-order chi connectivity index (χ0) is 19.5. The number of carbonyl (C=O) groups is 1. The van der Waals surface area contributed by atoms with E-state index in [2.05, 4.69) is 42.2 Å². The summed E-state index contributed by atoms with van der Waals surface area (Å²) in [5.41, 5.74) is 0.158. The van der Waals surface area contributed by atoms with Gasteiger partial charge in [0.15, 0.2) is 6.10 Å². The van der Waals surface area contributed by atoms with Crippen LogP contribution in [-0.4, -0.2) is 16.6 Å². The summed E-state index contributed by atoms with van der Waals surface area (Å²) in [6, 6.07) is 5.04. The van der Waals surface area contributed by atoms with Crippen molar-refractivity contribution in [2.24, 2.45) is 0 Å². The molecule has 2 aromatic rings. The number of alkyl carbamates (subject to hydrolysis) is 1. The zero-order valence-electron chi connectivity index (χ0n) is 14.4. The Labute approximate surface area is 167 Å². The average molecular weight is 492 g/mol. The van der Waals surface area contributed by atoms with Crippen molar-refractivity contribution in [2.75, 3.05) is 0 Å². The Morgan fingerprint density at radius 3 is 2.54 bits per heavy atom. The third-order valence-electron chi connectivity index (χ3n) is 3.29. The van der Waals surface area contributed by atoms with Gasteiger partial charge in [0.25, 0.3) is 0 Å². The minimum absolute atomic E-state index is 0.0108. The molecule has 0 spiro atoms. The number of hydrogen-bond acceptors (Lipinski definition) is 3. The maximum absolute atomic E-state index is 14.1. The van der Waals surface area contributed by atoms with Crippen LogP contribution in [0, 0.1) is 11.6 Å². The predicted octanol–water partition coefficient (Wildman–Crippen LogP) is 5.69. The molecule has 0 saturated carbocycles. The summed E-state index contributed by atoms with van der Waals surface area (Å²) < 4.78 is 34.1. The molecule has 0 aliphatic heterocycles. The molecule has 1 aromatic carbocycles. The number of carbonyl (C=O) groups excluding carboxylic acids is 1. The van der Waals surface area contributed by atoms with Crippen LogP contribution in [0.15, 0.2) is 39.4 Å². The van der Waals surface area contributed by atoms with Gasteiger partial charge in [0.1, 0.15) is 11.6 Å². The second-order valence-corrected chi connectivity index (χ2v) is 8.50. The minimum Gasteiger partial charge on any atom is -0.439 e. The van der Waals surface area contributed by atoms with Crippen LogP contribution in [-0.2, 0) is 11.2 Å². The number of benzene rings is 1. The van der Waals surface area contributed by atoms with E-state index in [0.29, 0.717) is 10.2 Å². The number of ether oxygens (including phenoxy) is 1. The molecule has 0 fully saturated rings. The molecule has 0 aliphatic carbocycles. The highest BCUT2D eigenvalue weighted by Gasteiger charge is 2.25. The van der Waals surface area contributed by atoms with E-state index in [1.165, 1.54) is 6.07 Å². The molecule has 1 aromatic heterocycles. The average Bonchev–Trinajstić information content (AvgIpc) is 2.47. The first-order valence-electron chi connectivity index (χ1n) is 7.79. The number of nitrogens with zero attached hydrogens (tertiary/aromatic N) is 1. The molecule has 8 heteroatoms. The number of hydrogen-bond donors (Lipinski definition) is 1. The highest BCUT2D eigenvalue weighted by Crippen LogP contribution is 2.30. The highest BCUT2D eigenvalue weighted by molar-refractivity contribution is 9.11. The van der Waals surface area contributed by atoms with Gasteiger partial charge in [-0.3, -0.25) is 4.98 Å². The van der Waals surface area contributed by atoms with Gasteiger partial charge in [0.05, 0.1) is 5.69 Å². The molecule has 0 saturated heterocycles. The molecule has 0 bridgehead atoms. The number of aromatic nitrogens is 1. The van der Waals surface area contributed by atoms with Gasteiger partial charge in [-0.15, -0.1) is 0 Å². The topological polar surface area (TPSA) is 51.2 Å². The quantitative estimate of drug-likeness (QED) is 0.597. The van der Waals surface area contributed by atoms with Crippen LogP contribution >= 0.6 is 31.9 Å². The van der Waals surface area contributed by atoms with Crippen LogP contribution < -0.4 is 5.32 Å². The van der Waals surface area contributed by atoms with Gasteiger partial charge in [-0.2, -0.15) is 0 Å². The molecule has 0 aliphatic rings. The lowest BCUT2D eigenvalue weighted by molar-refractivity contribution is 0.0879. The highest BCUT2D eigenvalue weighted by atomic mass is 79.9. The number of halogens is 4. The van der Waals surface area contributed by atoms with Crippen molar-refractivity contribution < 1.29 is 18.3 Å². The summed E-state index contributed by atoms with van der Waals surface area (Å²) in [4.78, 5) is 16.5.